The first-order valence-corrected chi connectivity index (χ1v) is 7.20. The molecule has 0 aliphatic heterocycles. The van der Waals surface area contributed by atoms with Crippen molar-refractivity contribution in [2.75, 3.05) is 6.61 Å². The maximum atomic E-state index is 11.8. The Hall–Kier alpha value is -1.39. The number of aromatic nitrogens is 3. The highest BCUT2D eigenvalue weighted by atomic mass is 16.5. The Kier molecular flexibility index (Phi) is 6.53. The smallest absolute Gasteiger partial charge is 0.376 e. The van der Waals surface area contributed by atoms with Crippen molar-refractivity contribution in [2.45, 2.75) is 65.8 Å². The van der Waals surface area contributed by atoms with E-state index in [0.29, 0.717) is 12.4 Å². The van der Waals surface area contributed by atoms with E-state index < -0.39 is 0 Å². The molecule has 5 heteroatoms. The van der Waals surface area contributed by atoms with Gasteiger partial charge >= 0.3 is 5.97 Å². The third kappa shape index (κ3) is 4.33. The average Bonchev–Trinajstić information content (AvgIpc) is 2.77. The summed E-state index contributed by atoms with van der Waals surface area (Å²) in [6.45, 7) is 8.32. The van der Waals surface area contributed by atoms with E-state index in [2.05, 4.69) is 24.0 Å². The largest absolute Gasteiger partial charge is 0.460 e. The maximum Gasteiger partial charge on any atom is 0.376 e. The lowest BCUT2D eigenvalue weighted by Crippen LogP contribution is -2.17. The standard InChI is InChI=1S/C14H25N3O2/c1-5-7-8-9-10-11(3)17-12(4)15-16-13(17)14(18)19-6-2/h11H,5-10H2,1-4H3. The molecule has 0 bridgehead atoms. The van der Waals surface area contributed by atoms with Gasteiger partial charge in [0, 0.05) is 6.04 Å². The molecule has 0 aliphatic carbocycles. The Morgan fingerprint density at radius 2 is 2.00 bits per heavy atom. The van der Waals surface area contributed by atoms with Gasteiger partial charge in [-0.2, -0.15) is 0 Å². The SMILES string of the molecule is CCCCCCC(C)n1c(C)nnc1C(=O)OCC. The maximum absolute atomic E-state index is 11.8. The highest BCUT2D eigenvalue weighted by Gasteiger charge is 2.21. The zero-order valence-corrected chi connectivity index (χ0v) is 12.5. The third-order valence-corrected chi connectivity index (χ3v) is 3.24. The van der Waals surface area contributed by atoms with Crippen LogP contribution in [0.5, 0.6) is 0 Å². The summed E-state index contributed by atoms with van der Waals surface area (Å²) in [6.07, 6.45) is 5.92. The minimum atomic E-state index is -0.386. The molecule has 1 rings (SSSR count). The van der Waals surface area contributed by atoms with Crippen molar-refractivity contribution in [3.63, 3.8) is 0 Å². The van der Waals surface area contributed by atoms with Gasteiger partial charge in [-0.25, -0.2) is 4.79 Å². The first-order chi connectivity index (χ1) is 9.11. The van der Waals surface area contributed by atoms with E-state index in [1.165, 1.54) is 19.3 Å². The van der Waals surface area contributed by atoms with E-state index in [-0.39, 0.29) is 12.0 Å². The number of carbonyl (C=O) groups excluding carboxylic acids is 1. The molecule has 0 aliphatic rings. The van der Waals surface area contributed by atoms with Crippen LogP contribution in [0.2, 0.25) is 0 Å². The lowest BCUT2D eigenvalue weighted by atomic mass is 10.1. The summed E-state index contributed by atoms with van der Waals surface area (Å²) < 4.78 is 6.91. The summed E-state index contributed by atoms with van der Waals surface area (Å²) in [7, 11) is 0. The van der Waals surface area contributed by atoms with Gasteiger partial charge in [-0.3, -0.25) is 0 Å². The van der Waals surface area contributed by atoms with Crippen molar-refractivity contribution in [1.82, 2.24) is 14.8 Å². The third-order valence-electron chi connectivity index (χ3n) is 3.24. The van der Waals surface area contributed by atoms with Gasteiger partial charge in [0.1, 0.15) is 5.82 Å². The number of aryl methyl sites for hydroxylation is 1. The normalized spacial score (nSPS) is 12.4. The van der Waals surface area contributed by atoms with E-state index in [0.717, 1.165) is 18.7 Å². The topological polar surface area (TPSA) is 57.0 Å². The number of rotatable bonds is 8. The summed E-state index contributed by atoms with van der Waals surface area (Å²) in [5.41, 5.74) is 0. The first kappa shape index (κ1) is 15.7. The van der Waals surface area contributed by atoms with Crippen LogP contribution in [-0.2, 0) is 4.74 Å². The van der Waals surface area contributed by atoms with Crippen molar-refractivity contribution in [3.8, 4) is 0 Å². The van der Waals surface area contributed by atoms with Gasteiger partial charge in [0.05, 0.1) is 6.61 Å². The van der Waals surface area contributed by atoms with Gasteiger partial charge < -0.3 is 9.30 Å². The molecule has 1 heterocycles. The lowest BCUT2D eigenvalue weighted by Gasteiger charge is -2.16. The predicted molar refractivity (Wildman–Crippen MR) is 74.2 cm³/mol. The molecular formula is C14H25N3O2. The number of esters is 1. The monoisotopic (exact) mass is 267 g/mol. The number of hydrogen-bond acceptors (Lipinski definition) is 4. The molecule has 1 aromatic heterocycles. The number of nitrogens with zero attached hydrogens (tertiary/aromatic N) is 3. The highest BCUT2D eigenvalue weighted by Crippen LogP contribution is 2.19. The molecule has 108 valence electrons. The van der Waals surface area contributed by atoms with E-state index in [9.17, 15) is 4.79 Å². The molecule has 0 fully saturated rings. The second-order valence-corrected chi connectivity index (χ2v) is 4.86. The summed E-state index contributed by atoms with van der Waals surface area (Å²) in [5, 5.41) is 7.94. The van der Waals surface area contributed by atoms with Crippen LogP contribution in [0.4, 0.5) is 0 Å². The van der Waals surface area contributed by atoms with Gasteiger partial charge in [-0.05, 0) is 27.2 Å². The molecule has 0 saturated heterocycles. The van der Waals surface area contributed by atoms with Gasteiger partial charge in [-0.15, -0.1) is 10.2 Å². The molecule has 0 spiro atoms. The molecule has 0 amide bonds. The first-order valence-electron chi connectivity index (χ1n) is 7.20. The van der Waals surface area contributed by atoms with Gasteiger partial charge in [-0.1, -0.05) is 32.6 Å². The van der Waals surface area contributed by atoms with Crippen molar-refractivity contribution in [2.24, 2.45) is 0 Å². The van der Waals surface area contributed by atoms with E-state index in [1.54, 1.807) is 6.92 Å². The van der Waals surface area contributed by atoms with Gasteiger partial charge in [0.2, 0.25) is 5.82 Å². The van der Waals surface area contributed by atoms with Crippen LogP contribution in [-0.4, -0.2) is 27.3 Å². The van der Waals surface area contributed by atoms with E-state index in [4.69, 9.17) is 4.74 Å². The van der Waals surface area contributed by atoms with Crippen LogP contribution >= 0.6 is 0 Å². The van der Waals surface area contributed by atoms with Crippen molar-refractivity contribution >= 4 is 5.97 Å². The molecule has 1 aromatic rings. The fraction of sp³-hybridized carbons (Fsp3) is 0.786. The Morgan fingerprint density at radius 1 is 1.26 bits per heavy atom. The molecular weight excluding hydrogens is 242 g/mol. The Balaban J connectivity index is 2.69. The molecule has 0 aromatic carbocycles. The van der Waals surface area contributed by atoms with Crippen LogP contribution in [0.15, 0.2) is 0 Å². The summed E-state index contributed by atoms with van der Waals surface area (Å²) in [4.78, 5) is 11.8. The van der Waals surface area contributed by atoms with Crippen LogP contribution in [0.3, 0.4) is 0 Å². The number of ether oxygens (including phenoxy) is 1. The molecule has 0 N–H and O–H groups in total. The highest BCUT2D eigenvalue weighted by molar-refractivity contribution is 5.85. The zero-order chi connectivity index (χ0) is 14.3. The quantitative estimate of drug-likeness (QED) is 0.535. The van der Waals surface area contributed by atoms with E-state index >= 15 is 0 Å². The Bertz CT molecular complexity index is 401. The summed E-state index contributed by atoms with van der Waals surface area (Å²) >= 11 is 0. The molecule has 0 radical (unpaired) electrons. The van der Waals surface area contributed by atoms with Crippen LogP contribution in [0.25, 0.3) is 0 Å². The number of carbonyl (C=O) groups is 1. The Morgan fingerprint density at radius 3 is 2.63 bits per heavy atom. The van der Waals surface area contributed by atoms with Crippen LogP contribution in [0, 0.1) is 6.92 Å². The summed E-state index contributed by atoms with van der Waals surface area (Å²) in [6, 6.07) is 0.228. The minimum absolute atomic E-state index is 0.228. The molecule has 19 heavy (non-hydrogen) atoms. The Labute approximate surface area is 115 Å². The minimum Gasteiger partial charge on any atom is -0.460 e. The van der Waals surface area contributed by atoms with Crippen molar-refractivity contribution in [1.29, 1.82) is 0 Å². The molecule has 0 saturated carbocycles. The fourth-order valence-corrected chi connectivity index (χ4v) is 2.23. The van der Waals surface area contributed by atoms with Crippen LogP contribution < -0.4 is 0 Å². The summed E-state index contributed by atoms with van der Waals surface area (Å²) in [5.74, 6) is 0.705. The molecule has 1 unspecified atom stereocenters. The fourth-order valence-electron chi connectivity index (χ4n) is 2.23. The second-order valence-electron chi connectivity index (χ2n) is 4.86. The predicted octanol–water partition coefficient (Wildman–Crippen LogP) is 3.29. The van der Waals surface area contributed by atoms with Gasteiger partial charge in [0.15, 0.2) is 0 Å². The number of hydrogen-bond donors (Lipinski definition) is 0. The second kappa shape index (κ2) is 7.92. The zero-order valence-electron chi connectivity index (χ0n) is 12.5. The van der Waals surface area contributed by atoms with Crippen molar-refractivity contribution < 1.29 is 9.53 Å². The molecule has 5 nitrogen and oxygen atoms in total. The van der Waals surface area contributed by atoms with E-state index in [1.807, 2.05) is 11.5 Å². The lowest BCUT2D eigenvalue weighted by molar-refractivity contribution is 0.0502. The van der Waals surface area contributed by atoms with Crippen LogP contribution in [0.1, 0.15) is 75.4 Å². The molecule has 1 atom stereocenters. The average molecular weight is 267 g/mol. The van der Waals surface area contributed by atoms with Gasteiger partial charge in [0.25, 0.3) is 0 Å². The van der Waals surface area contributed by atoms with Crippen molar-refractivity contribution in [3.05, 3.63) is 11.6 Å². The number of unbranched alkanes of at least 4 members (excludes halogenated alkanes) is 3.